The van der Waals surface area contributed by atoms with Gasteiger partial charge in [-0.2, -0.15) is 0 Å². The van der Waals surface area contributed by atoms with Crippen LogP contribution in [-0.2, 0) is 6.54 Å². The van der Waals surface area contributed by atoms with Gasteiger partial charge in [-0.05, 0) is 29.8 Å². The van der Waals surface area contributed by atoms with Gasteiger partial charge in [0.2, 0.25) is 11.6 Å². The lowest BCUT2D eigenvalue weighted by Gasteiger charge is -2.22. The summed E-state index contributed by atoms with van der Waals surface area (Å²) in [5.41, 5.74) is 0. The van der Waals surface area contributed by atoms with Crippen LogP contribution in [0.3, 0.4) is 0 Å². The highest BCUT2D eigenvalue weighted by Gasteiger charge is 2.29. The molecule has 0 bridgehead atoms. The van der Waals surface area contributed by atoms with Gasteiger partial charge in [0, 0.05) is 33.1 Å². The van der Waals surface area contributed by atoms with Crippen molar-refractivity contribution in [3.8, 4) is 0 Å². The largest absolute Gasteiger partial charge is 0.406 e. The maximum Gasteiger partial charge on any atom is 0.406 e. The lowest BCUT2D eigenvalue weighted by atomic mass is 10.4. The van der Waals surface area contributed by atoms with Crippen LogP contribution in [0.2, 0.25) is 0 Å². The minimum absolute atomic E-state index is 0.0174. The maximum atomic E-state index is 11.1. The van der Waals surface area contributed by atoms with Crippen molar-refractivity contribution in [1.82, 2.24) is 14.9 Å². The van der Waals surface area contributed by atoms with Crippen LogP contribution < -0.4 is 10.2 Å². The van der Waals surface area contributed by atoms with E-state index < -0.39 is 0 Å². The lowest BCUT2D eigenvalue weighted by molar-refractivity contribution is -0.388. The predicted octanol–water partition coefficient (Wildman–Crippen LogP) is 0.919. The zero-order chi connectivity index (χ0) is 13.1. The summed E-state index contributed by atoms with van der Waals surface area (Å²) in [5, 5.41) is 14.4. The summed E-state index contributed by atoms with van der Waals surface area (Å²) in [6, 6.07) is 0. The number of aryl methyl sites for hydroxylation is 1. The third-order valence-corrected chi connectivity index (χ3v) is 3.24. The second kappa shape index (κ2) is 5.34. The molecule has 18 heavy (non-hydrogen) atoms. The maximum absolute atomic E-state index is 11.1. The van der Waals surface area contributed by atoms with Gasteiger partial charge < -0.3 is 20.3 Å². The highest BCUT2D eigenvalue weighted by molar-refractivity contribution is 5.56. The van der Waals surface area contributed by atoms with E-state index in [4.69, 9.17) is 0 Å². The summed E-state index contributed by atoms with van der Waals surface area (Å²) in [5.74, 6) is 1.34. The van der Waals surface area contributed by atoms with Crippen LogP contribution in [0.1, 0.15) is 19.2 Å². The molecule has 2 heterocycles. The molecule has 0 saturated carbocycles. The van der Waals surface area contributed by atoms with E-state index in [-0.39, 0.29) is 10.7 Å². The quantitative estimate of drug-likeness (QED) is 0.640. The number of imidazole rings is 1. The van der Waals surface area contributed by atoms with Crippen molar-refractivity contribution >= 4 is 11.6 Å². The Morgan fingerprint density at radius 3 is 2.89 bits per heavy atom. The Kier molecular flexibility index (Phi) is 3.81. The summed E-state index contributed by atoms with van der Waals surface area (Å²) >= 11 is 0. The van der Waals surface area contributed by atoms with Gasteiger partial charge in [0.1, 0.15) is 0 Å². The molecule has 0 aliphatic carbocycles. The zero-order valence-electron chi connectivity index (χ0n) is 10.8. The fraction of sp³-hybridized carbons (Fsp3) is 0.727. The Morgan fingerprint density at radius 1 is 1.44 bits per heavy atom. The van der Waals surface area contributed by atoms with E-state index in [0.717, 1.165) is 32.6 Å². The van der Waals surface area contributed by atoms with Gasteiger partial charge in [0.25, 0.3) is 0 Å². The Labute approximate surface area is 106 Å². The molecule has 0 spiro atoms. The van der Waals surface area contributed by atoms with Crippen LogP contribution in [-0.4, -0.2) is 40.7 Å². The zero-order valence-corrected chi connectivity index (χ0v) is 10.8. The lowest BCUT2D eigenvalue weighted by Crippen LogP contribution is -2.30. The van der Waals surface area contributed by atoms with E-state index >= 15 is 0 Å². The smallest absolute Gasteiger partial charge is 0.358 e. The summed E-state index contributed by atoms with van der Waals surface area (Å²) in [4.78, 5) is 16.9. The first kappa shape index (κ1) is 12.8. The van der Waals surface area contributed by atoms with Crippen LogP contribution in [0.15, 0.2) is 0 Å². The van der Waals surface area contributed by atoms with Crippen molar-refractivity contribution in [3.63, 3.8) is 0 Å². The van der Waals surface area contributed by atoms with Gasteiger partial charge in [-0.1, -0.05) is 0 Å². The van der Waals surface area contributed by atoms with E-state index in [1.54, 1.807) is 0 Å². The van der Waals surface area contributed by atoms with Crippen LogP contribution in [0.25, 0.3) is 0 Å². The van der Waals surface area contributed by atoms with Crippen molar-refractivity contribution in [2.45, 2.75) is 26.8 Å². The summed E-state index contributed by atoms with van der Waals surface area (Å²) in [6.07, 6.45) is 0.991. The van der Waals surface area contributed by atoms with E-state index in [1.807, 2.05) is 18.4 Å². The molecule has 0 amide bonds. The standard InChI is InChI=1S/C11H19N5O2/c1-3-15-9(2)13-10(16(17)18)11(15)14-7-4-5-12-6-8-14/h12H,3-8H2,1-2H3. The van der Waals surface area contributed by atoms with E-state index in [2.05, 4.69) is 15.2 Å². The van der Waals surface area contributed by atoms with Crippen LogP contribution in [0, 0.1) is 17.0 Å². The van der Waals surface area contributed by atoms with Gasteiger partial charge in [-0.25, -0.2) is 0 Å². The molecule has 0 unspecified atom stereocenters. The van der Waals surface area contributed by atoms with Crippen molar-refractivity contribution in [2.24, 2.45) is 0 Å². The molecule has 100 valence electrons. The van der Waals surface area contributed by atoms with Crippen molar-refractivity contribution in [2.75, 3.05) is 31.1 Å². The fourth-order valence-electron chi connectivity index (χ4n) is 2.41. The van der Waals surface area contributed by atoms with Crippen molar-refractivity contribution in [3.05, 3.63) is 15.9 Å². The summed E-state index contributed by atoms with van der Waals surface area (Å²) in [7, 11) is 0. The number of nitro groups is 1. The van der Waals surface area contributed by atoms with Gasteiger partial charge in [-0.15, -0.1) is 0 Å². The van der Waals surface area contributed by atoms with Crippen LogP contribution in [0.4, 0.5) is 11.6 Å². The minimum Gasteiger partial charge on any atom is -0.358 e. The SMILES string of the molecule is CCn1c(C)nc([N+](=O)[O-])c1N1CCCNCC1. The predicted molar refractivity (Wildman–Crippen MR) is 69.0 cm³/mol. The number of nitrogens with zero attached hydrogens (tertiary/aromatic N) is 4. The van der Waals surface area contributed by atoms with Gasteiger partial charge >= 0.3 is 5.82 Å². The number of aromatic nitrogens is 2. The summed E-state index contributed by atoms with van der Waals surface area (Å²) < 4.78 is 1.92. The number of anilines is 1. The third-order valence-electron chi connectivity index (χ3n) is 3.24. The van der Waals surface area contributed by atoms with E-state index in [9.17, 15) is 10.1 Å². The number of hydrogen-bond acceptors (Lipinski definition) is 5. The molecule has 0 atom stereocenters. The van der Waals surface area contributed by atoms with Gasteiger partial charge in [-0.3, -0.25) is 4.57 Å². The molecule has 1 fully saturated rings. The second-order valence-corrected chi connectivity index (χ2v) is 4.40. The molecule has 1 aromatic heterocycles. The summed E-state index contributed by atoms with van der Waals surface area (Å²) in [6.45, 7) is 7.93. The van der Waals surface area contributed by atoms with E-state index in [1.165, 1.54) is 0 Å². The fourth-order valence-corrected chi connectivity index (χ4v) is 2.41. The van der Waals surface area contributed by atoms with Gasteiger partial charge in [0.15, 0.2) is 0 Å². The molecule has 2 rings (SSSR count). The molecule has 1 N–H and O–H groups in total. The second-order valence-electron chi connectivity index (χ2n) is 4.40. The highest BCUT2D eigenvalue weighted by atomic mass is 16.6. The molecule has 1 saturated heterocycles. The first-order valence-electron chi connectivity index (χ1n) is 6.32. The van der Waals surface area contributed by atoms with Crippen LogP contribution in [0.5, 0.6) is 0 Å². The van der Waals surface area contributed by atoms with Crippen LogP contribution >= 0.6 is 0 Å². The normalized spacial score (nSPS) is 16.7. The molecule has 0 aromatic carbocycles. The molecule has 1 aromatic rings. The Bertz CT molecular complexity index is 435. The molecule has 0 radical (unpaired) electrons. The number of nitrogens with one attached hydrogen (secondary N) is 1. The Hall–Kier alpha value is -1.63. The average molecular weight is 253 g/mol. The minimum atomic E-state index is -0.382. The first-order chi connectivity index (χ1) is 8.65. The Balaban J connectivity index is 2.42. The first-order valence-corrected chi connectivity index (χ1v) is 6.32. The molecule has 1 aliphatic rings. The van der Waals surface area contributed by atoms with E-state index in [0.29, 0.717) is 18.2 Å². The molecular weight excluding hydrogens is 234 g/mol. The number of hydrogen-bond donors (Lipinski definition) is 1. The third kappa shape index (κ3) is 2.31. The topological polar surface area (TPSA) is 76.2 Å². The molecule has 7 nitrogen and oxygen atoms in total. The van der Waals surface area contributed by atoms with Crippen molar-refractivity contribution in [1.29, 1.82) is 0 Å². The highest BCUT2D eigenvalue weighted by Crippen LogP contribution is 2.29. The molecular formula is C11H19N5O2. The molecule has 7 heteroatoms. The van der Waals surface area contributed by atoms with Gasteiger partial charge in [0.05, 0.1) is 0 Å². The average Bonchev–Trinajstić information content (AvgIpc) is 2.54. The molecule has 1 aliphatic heterocycles. The van der Waals surface area contributed by atoms with Crippen molar-refractivity contribution < 1.29 is 4.92 Å². The monoisotopic (exact) mass is 253 g/mol. The Morgan fingerprint density at radius 2 is 2.22 bits per heavy atom. The number of rotatable bonds is 3.